The Morgan fingerprint density at radius 3 is 2.32 bits per heavy atom. The molecule has 2 aromatic carbocycles. The van der Waals surface area contributed by atoms with E-state index >= 15 is 0 Å². The third-order valence-electron chi connectivity index (χ3n) is 2.83. The highest BCUT2D eigenvalue weighted by atomic mass is 16.6. The van der Waals surface area contributed by atoms with E-state index in [1.807, 2.05) is 6.07 Å². The second kappa shape index (κ2) is 6.83. The van der Waals surface area contributed by atoms with Crippen LogP contribution in [0.15, 0.2) is 65.4 Å². The number of nitro groups is 1. The molecule has 0 saturated heterocycles. The highest BCUT2D eigenvalue weighted by Crippen LogP contribution is 2.17. The summed E-state index contributed by atoms with van der Waals surface area (Å²) in [5, 5.41) is 14.0. The molecule has 0 unspecified atom stereocenters. The molecule has 0 saturated carbocycles. The molecule has 0 aliphatic rings. The topological polar surface area (TPSA) is 109 Å². The Balaban J connectivity index is 2.36. The van der Waals surface area contributed by atoms with Gasteiger partial charge in [0.05, 0.1) is 10.6 Å². The largest absolute Gasteiger partial charge is 0.289 e. The van der Waals surface area contributed by atoms with Crippen LogP contribution in [0.3, 0.4) is 0 Å². The number of rotatable bonds is 5. The van der Waals surface area contributed by atoms with Gasteiger partial charge in [-0.1, -0.05) is 35.4 Å². The first-order chi connectivity index (χ1) is 10.6. The first-order valence-corrected chi connectivity index (χ1v) is 6.23. The molecule has 7 heteroatoms. The predicted octanol–water partition coefficient (Wildman–Crippen LogP) is 4.13. The van der Waals surface area contributed by atoms with Crippen molar-refractivity contribution in [3.05, 3.63) is 92.0 Å². The van der Waals surface area contributed by atoms with E-state index in [0.717, 1.165) is 0 Å². The summed E-state index contributed by atoms with van der Waals surface area (Å²) in [5.74, 6) is -0.503. The van der Waals surface area contributed by atoms with E-state index in [1.165, 1.54) is 30.3 Å². The summed E-state index contributed by atoms with van der Waals surface area (Å²) in [4.78, 5) is 25.0. The summed E-state index contributed by atoms with van der Waals surface area (Å²) in [6.45, 7) is 0. The summed E-state index contributed by atoms with van der Waals surface area (Å²) >= 11 is 0. The molecular weight excluding hydrogens is 284 g/mol. The normalized spacial score (nSPS) is 10.6. The second-order valence-corrected chi connectivity index (χ2v) is 4.26. The number of hydrogen-bond acceptors (Lipinski definition) is 4. The van der Waals surface area contributed by atoms with Gasteiger partial charge in [-0.25, -0.2) is 0 Å². The number of benzene rings is 2. The van der Waals surface area contributed by atoms with E-state index in [4.69, 9.17) is 5.53 Å². The van der Waals surface area contributed by atoms with Crippen molar-refractivity contribution in [1.82, 2.24) is 0 Å². The van der Waals surface area contributed by atoms with Gasteiger partial charge in [0.1, 0.15) is 0 Å². The summed E-state index contributed by atoms with van der Waals surface area (Å²) < 4.78 is 0. The van der Waals surface area contributed by atoms with Gasteiger partial charge in [-0.3, -0.25) is 14.9 Å². The highest BCUT2D eigenvalue weighted by molar-refractivity contribution is 6.11. The Morgan fingerprint density at radius 1 is 1.14 bits per heavy atom. The third kappa shape index (κ3) is 3.56. The van der Waals surface area contributed by atoms with Crippen molar-refractivity contribution in [3.63, 3.8) is 0 Å². The minimum absolute atomic E-state index is 0.0810. The smallest absolute Gasteiger partial charge is 0.269 e. The SMILES string of the molecule is [N-]=[N+]=N/C(=C\c1ccccc1)C(=O)c1ccc([N+](=O)[O-])cc1. The number of non-ortho nitro benzene ring substituents is 1. The maximum absolute atomic E-state index is 12.3. The monoisotopic (exact) mass is 294 g/mol. The van der Waals surface area contributed by atoms with Crippen molar-refractivity contribution in [2.45, 2.75) is 0 Å². The average Bonchev–Trinajstić information content (AvgIpc) is 2.55. The molecule has 0 spiro atoms. The standard InChI is InChI=1S/C15H10N4O3/c16-18-17-14(10-11-4-2-1-3-5-11)15(20)12-6-8-13(9-7-12)19(21)22/h1-10H/b14-10-. The number of hydrogen-bond donors (Lipinski definition) is 0. The molecule has 0 aromatic heterocycles. The van der Waals surface area contributed by atoms with E-state index in [9.17, 15) is 14.9 Å². The number of ketones is 1. The molecule has 0 N–H and O–H groups in total. The zero-order chi connectivity index (χ0) is 15.9. The lowest BCUT2D eigenvalue weighted by molar-refractivity contribution is -0.384. The number of carbonyl (C=O) groups excluding carboxylic acids is 1. The fraction of sp³-hybridized carbons (Fsp3) is 0. The van der Waals surface area contributed by atoms with Gasteiger partial charge in [-0.2, -0.15) is 0 Å². The van der Waals surface area contributed by atoms with Gasteiger partial charge < -0.3 is 0 Å². The molecule has 0 aliphatic heterocycles. The number of carbonyl (C=O) groups is 1. The van der Waals surface area contributed by atoms with Crippen molar-refractivity contribution >= 4 is 17.5 Å². The summed E-state index contributed by atoms with van der Waals surface area (Å²) in [5.41, 5.74) is 9.32. The number of nitro benzene ring substituents is 1. The van der Waals surface area contributed by atoms with Crippen LogP contribution in [0.1, 0.15) is 15.9 Å². The van der Waals surface area contributed by atoms with Gasteiger partial charge in [0.2, 0.25) is 0 Å². The Labute approximate surface area is 125 Å². The number of nitrogens with zero attached hydrogens (tertiary/aromatic N) is 4. The molecule has 2 aromatic rings. The van der Waals surface area contributed by atoms with Crippen LogP contribution in [0.4, 0.5) is 5.69 Å². The van der Waals surface area contributed by atoms with E-state index < -0.39 is 10.7 Å². The lowest BCUT2D eigenvalue weighted by Gasteiger charge is -2.01. The van der Waals surface area contributed by atoms with Gasteiger partial charge in [-0.05, 0) is 29.3 Å². The molecule has 0 radical (unpaired) electrons. The second-order valence-electron chi connectivity index (χ2n) is 4.26. The molecule has 0 amide bonds. The van der Waals surface area contributed by atoms with Crippen LogP contribution in [0.2, 0.25) is 0 Å². The fourth-order valence-corrected chi connectivity index (χ4v) is 1.78. The molecular formula is C15H10N4O3. The highest BCUT2D eigenvalue weighted by Gasteiger charge is 2.13. The van der Waals surface area contributed by atoms with Crippen molar-refractivity contribution in [3.8, 4) is 0 Å². The quantitative estimate of drug-likeness (QED) is 0.157. The average molecular weight is 294 g/mol. The Morgan fingerprint density at radius 2 is 1.77 bits per heavy atom. The summed E-state index contributed by atoms with van der Waals surface area (Å²) in [7, 11) is 0. The van der Waals surface area contributed by atoms with Crippen LogP contribution in [0.25, 0.3) is 16.5 Å². The molecule has 0 bridgehead atoms. The van der Waals surface area contributed by atoms with Crippen molar-refractivity contribution in [2.75, 3.05) is 0 Å². The Hall–Kier alpha value is -3.44. The molecule has 0 atom stereocenters. The fourth-order valence-electron chi connectivity index (χ4n) is 1.78. The van der Waals surface area contributed by atoms with Crippen molar-refractivity contribution in [2.24, 2.45) is 5.11 Å². The number of allylic oxidation sites excluding steroid dienone is 1. The van der Waals surface area contributed by atoms with E-state index in [1.54, 1.807) is 24.3 Å². The van der Waals surface area contributed by atoms with Gasteiger partial charge in [0.15, 0.2) is 5.78 Å². The van der Waals surface area contributed by atoms with Crippen LogP contribution >= 0.6 is 0 Å². The van der Waals surface area contributed by atoms with Crippen LogP contribution in [-0.4, -0.2) is 10.7 Å². The van der Waals surface area contributed by atoms with Gasteiger partial charge in [-0.15, -0.1) is 0 Å². The molecule has 22 heavy (non-hydrogen) atoms. The van der Waals surface area contributed by atoms with Gasteiger partial charge in [0.25, 0.3) is 5.69 Å². The van der Waals surface area contributed by atoms with Crippen LogP contribution < -0.4 is 0 Å². The Bertz CT molecular complexity index is 776. The molecule has 108 valence electrons. The summed E-state index contributed by atoms with van der Waals surface area (Å²) in [6.07, 6.45) is 1.46. The van der Waals surface area contributed by atoms with Crippen LogP contribution in [0.5, 0.6) is 0 Å². The number of azide groups is 1. The van der Waals surface area contributed by atoms with Crippen LogP contribution in [0, 0.1) is 10.1 Å². The third-order valence-corrected chi connectivity index (χ3v) is 2.83. The summed E-state index contributed by atoms with van der Waals surface area (Å²) in [6, 6.07) is 14.0. The maximum atomic E-state index is 12.3. The lowest BCUT2D eigenvalue weighted by atomic mass is 10.1. The van der Waals surface area contributed by atoms with Gasteiger partial charge in [0, 0.05) is 22.6 Å². The van der Waals surface area contributed by atoms with E-state index in [2.05, 4.69) is 10.0 Å². The van der Waals surface area contributed by atoms with E-state index in [-0.39, 0.29) is 16.9 Å². The number of Topliss-reactive ketones (excluding diaryl/α,β-unsaturated/α-hetero) is 1. The molecule has 7 nitrogen and oxygen atoms in total. The van der Waals surface area contributed by atoms with Crippen LogP contribution in [-0.2, 0) is 0 Å². The van der Waals surface area contributed by atoms with E-state index in [0.29, 0.717) is 5.56 Å². The zero-order valence-corrected chi connectivity index (χ0v) is 11.3. The lowest BCUT2D eigenvalue weighted by Crippen LogP contribution is -2.01. The zero-order valence-electron chi connectivity index (χ0n) is 11.3. The minimum Gasteiger partial charge on any atom is -0.289 e. The molecule has 0 fully saturated rings. The minimum atomic E-state index is -0.553. The van der Waals surface area contributed by atoms with Gasteiger partial charge >= 0.3 is 0 Å². The molecule has 0 heterocycles. The maximum Gasteiger partial charge on any atom is 0.269 e. The predicted molar refractivity (Wildman–Crippen MR) is 81.0 cm³/mol. The first-order valence-electron chi connectivity index (χ1n) is 6.23. The Kier molecular flexibility index (Phi) is 4.64. The molecule has 2 rings (SSSR count). The first kappa shape index (κ1) is 15.0. The van der Waals surface area contributed by atoms with Crippen molar-refractivity contribution < 1.29 is 9.72 Å². The molecule has 0 aliphatic carbocycles. The van der Waals surface area contributed by atoms with Crippen molar-refractivity contribution in [1.29, 1.82) is 0 Å².